The lowest BCUT2D eigenvalue weighted by Gasteiger charge is -2.35. The molecule has 0 radical (unpaired) electrons. The zero-order valence-corrected chi connectivity index (χ0v) is 12.5. The smallest absolute Gasteiger partial charge is 0.254 e. The Balaban J connectivity index is 2.18. The van der Waals surface area contributed by atoms with Crippen molar-refractivity contribution >= 4 is 29.1 Å². The monoisotopic (exact) mass is 300 g/mol. The Hall–Kier alpha value is -0.770. The first-order valence-electron chi connectivity index (χ1n) is 6.54. The van der Waals surface area contributed by atoms with Gasteiger partial charge < -0.3 is 10.2 Å². The Bertz CT molecular complexity index is 463. The molecule has 1 fully saturated rings. The average Bonchev–Trinajstić information content (AvgIpc) is 2.42. The Morgan fingerprint density at radius 2 is 2.16 bits per heavy atom. The Morgan fingerprint density at radius 3 is 2.84 bits per heavy atom. The number of benzene rings is 1. The van der Waals surface area contributed by atoms with Crippen molar-refractivity contribution in [2.45, 2.75) is 25.3 Å². The standard InChI is InChI=1S/C14H18Cl2N2O/c1-17-9-11-4-2-3-7-18(11)14(19)10-5-6-12(15)13(16)8-10/h5-6,8,11,17H,2-4,7,9H2,1H3. The molecule has 1 amide bonds. The molecule has 1 unspecified atom stereocenters. The molecule has 3 nitrogen and oxygen atoms in total. The molecule has 0 saturated carbocycles. The van der Waals surface area contributed by atoms with Gasteiger partial charge in [-0.2, -0.15) is 0 Å². The summed E-state index contributed by atoms with van der Waals surface area (Å²) in [6.45, 7) is 1.64. The Kier molecular flexibility index (Phi) is 5.08. The number of halogens is 2. The van der Waals surface area contributed by atoms with Crippen molar-refractivity contribution in [1.82, 2.24) is 10.2 Å². The number of hydrogen-bond donors (Lipinski definition) is 1. The van der Waals surface area contributed by atoms with Crippen molar-refractivity contribution in [3.63, 3.8) is 0 Å². The van der Waals surface area contributed by atoms with Gasteiger partial charge in [0, 0.05) is 24.7 Å². The van der Waals surface area contributed by atoms with E-state index in [0.717, 1.165) is 25.9 Å². The summed E-state index contributed by atoms with van der Waals surface area (Å²) in [7, 11) is 1.91. The molecule has 1 saturated heterocycles. The normalized spacial score (nSPS) is 19.5. The highest BCUT2D eigenvalue weighted by Gasteiger charge is 2.27. The quantitative estimate of drug-likeness (QED) is 0.930. The largest absolute Gasteiger partial charge is 0.334 e. The first-order valence-corrected chi connectivity index (χ1v) is 7.29. The van der Waals surface area contributed by atoms with Gasteiger partial charge in [0.2, 0.25) is 0 Å². The molecule has 0 bridgehead atoms. The van der Waals surface area contributed by atoms with E-state index in [9.17, 15) is 4.79 Å². The zero-order valence-electron chi connectivity index (χ0n) is 11.0. The number of hydrogen-bond acceptors (Lipinski definition) is 2. The lowest BCUT2D eigenvalue weighted by molar-refractivity contribution is 0.0615. The minimum atomic E-state index is 0.0403. The van der Waals surface area contributed by atoms with E-state index in [-0.39, 0.29) is 11.9 Å². The van der Waals surface area contributed by atoms with Crippen LogP contribution in [0.5, 0.6) is 0 Å². The van der Waals surface area contributed by atoms with Gasteiger partial charge in [0.15, 0.2) is 0 Å². The van der Waals surface area contributed by atoms with Crippen molar-refractivity contribution < 1.29 is 4.79 Å². The first kappa shape index (κ1) is 14.6. The van der Waals surface area contributed by atoms with Crippen molar-refractivity contribution in [2.75, 3.05) is 20.1 Å². The van der Waals surface area contributed by atoms with Crippen LogP contribution >= 0.6 is 23.2 Å². The van der Waals surface area contributed by atoms with Crippen LogP contribution in [0.4, 0.5) is 0 Å². The second-order valence-electron chi connectivity index (χ2n) is 4.83. The summed E-state index contributed by atoms with van der Waals surface area (Å²) in [6, 6.07) is 5.33. The van der Waals surface area contributed by atoms with E-state index in [1.165, 1.54) is 6.42 Å². The predicted molar refractivity (Wildman–Crippen MR) is 79.1 cm³/mol. The second-order valence-corrected chi connectivity index (χ2v) is 5.65. The van der Waals surface area contributed by atoms with Gasteiger partial charge >= 0.3 is 0 Å². The molecule has 0 spiro atoms. The van der Waals surface area contributed by atoms with Crippen LogP contribution in [0.25, 0.3) is 0 Å². The van der Waals surface area contributed by atoms with Gasteiger partial charge in [-0.1, -0.05) is 23.2 Å². The van der Waals surface area contributed by atoms with E-state index in [1.807, 2.05) is 11.9 Å². The molecule has 1 atom stereocenters. The summed E-state index contributed by atoms with van der Waals surface area (Å²) in [5.41, 5.74) is 0.609. The molecule has 2 rings (SSSR count). The summed E-state index contributed by atoms with van der Waals surface area (Å²) in [5.74, 6) is 0.0403. The summed E-state index contributed by atoms with van der Waals surface area (Å²) >= 11 is 11.9. The maximum absolute atomic E-state index is 12.5. The predicted octanol–water partition coefficient (Wildman–Crippen LogP) is 3.21. The van der Waals surface area contributed by atoms with Crippen LogP contribution in [-0.2, 0) is 0 Å². The van der Waals surface area contributed by atoms with Gasteiger partial charge in [0.25, 0.3) is 5.91 Å². The number of nitrogens with one attached hydrogen (secondary N) is 1. The van der Waals surface area contributed by atoms with E-state index in [0.29, 0.717) is 15.6 Å². The van der Waals surface area contributed by atoms with Crippen LogP contribution in [0.15, 0.2) is 18.2 Å². The summed E-state index contributed by atoms with van der Waals surface area (Å²) < 4.78 is 0. The minimum absolute atomic E-state index is 0.0403. The fourth-order valence-electron chi connectivity index (χ4n) is 2.51. The van der Waals surface area contributed by atoms with Crippen molar-refractivity contribution in [3.05, 3.63) is 33.8 Å². The van der Waals surface area contributed by atoms with Crippen LogP contribution in [0, 0.1) is 0 Å². The van der Waals surface area contributed by atoms with Gasteiger partial charge in [0.05, 0.1) is 10.0 Å². The SMILES string of the molecule is CNCC1CCCCN1C(=O)c1ccc(Cl)c(Cl)c1. The molecule has 1 aliphatic heterocycles. The third kappa shape index (κ3) is 3.41. The van der Waals surface area contributed by atoms with Crippen molar-refractivity contribution in [3.8, 4) is 0 Å². The average molecular weight is 301 g/mol. The summed E-state index contributed by atoms with van der Waals surface area (Å²) in [5, 5.41) is 4.05. The molecule has 104 valence electrons. The number of carbonyl (C=O) groups excluding carboxylic acids is 1. The molecule has 5 heteroatoms. The topological polar surface area (TPSA) is 32.3 Å². The first-order chi connectivity index (χ1) is 9.13. The number of rotatable bonds is 3. The van der Waals surface area contributed by atoms with E-state index in [4.69, 9.17) is 23.2 Å². The second kappa shape index (κ2) is 6.60. The third-order valence-corrected chi connectivity index (χ3v) is 4.23. The molecule has 1 aliphatic rings. The lowest BCUT2D eigenvalue weighted by atomic mass is 10.0. The highest BCUT2D eigenvalue weighted by Crippen LogP contribution is 2.25. The number of nitrogens with zero attached hydrogens (tertiary/aromatic N) is 1. The maximum Gasteiger partial charge on any atom is 0.254 e. The van der Waals surface area contributed by atoms with E-state index < -0.39 is 0 Å². The van der Waals surface area contributed by atoms with Crippen LogP contribution < -0.4 is 5.32 Å². The van der Waals surface area contributed by atoms with E-state index >= 15 is 0 Å². The third-order valence-electron chi connectivity index (χ3n) is 3.49. The van der Waals surface area contributed by atoms with Crippen molar-refractivity contribution in [2.24, 2.45) is 0 Å². The Labute approximate surface area is 123 Å². The lowest BCUT2D eigenvalue weighted by Crippen LogP contribution is -2.48. The van der Waals surface area contributed by atoms with Crippen LogP contribution in [0.2, 0.25) is 10.0 Å². The fraction of sp³-hybridized carbons (Fsp3) is 0.500. The van der Waals surface area contributed by atoms with E-state index in [2.05, 4.69) is 5.32 Å². The molecule has 1 aromatic rings. The van der Waals surface area contributed by atoms with Gasteiger partial charge in [-0.25, -0.2) is 0 Å². The highest BCUT2D eigenvalue weighted by molar-refractivity contribution is 6.42. The summed E-state index contributed by atoms with van der Waals surface area (Å²) in [4.78, 5) is 14.5. The molecular weight excluding hydrogens is 283 g/mol. The Morgan fingerprint density at radius 1 is 1.37 bits per heavy atom. The van der Waals surface area contributed by atoms with Crippen LogP contribution in [-0.4, -0.2) is 37.0 Å². The number of piperidine rings is 1. The molecule has 19 heavy (non-hydrogen) atoms. The van der Waals surface area contributed by atoms with E-state index in [1.54, 1.807) is 18.2 Å². The van der Waals surface area contributed by atoms with Gasteiger partial charge in [0.1, 0.15) is 0 Å². The van der Waals surface area contributed by atoms with Gasteiger partial charge in [-0.15, -0.1) is 0 Å². The number of likely N-dealkylation sites (N-methyl/N-ethyl adjacent to an activating group) is 1. The van der Waals surface area contributed by atoms with Crippen LogP contribution in [0.1, 0.15) is 29.6 Å². The van der Waals surface area contributed by atoms with Gasteiger partial charge in [-0.3, -0.25) is 4.79 Å². The summed E-state index contributed by atoms with van der Waals surface area (Å²) in [6.07, 6.45) is 3.29. The van der Waals surface area contributed by atoms with Gasteiger partial charge in [-0.05, 0) is 44.5 Å². The zero-order chi connectivity index (χ0) is 13.8. The molecule has 1 aromatic carbocycles. The molecular formula is C14H18Cl2N2O. The highest BCUT2D eigenvalue weighted by atomic mass is 35.5. The molecule has 0 aliphatic carbocycles. The minimum Gasteiger partial charge on any atom is -0.334 e. The molecule has 0 aromatic heterocycles. The van der Waals surface area contributed by atoms with Crippen molar-refractivity contribution in [1.29, 1.82) is 0 Å². The number of likely N-dealkylation sites (tertiary alicyclic amines) is 1. The van der Waals surface area contributed by atoms with Crippen LogP contribution in [0.3, 0.4) is 0 Å². The fourth-order valence-corrected chi connectivity index (χ4v) is 2.81. The number of amides is 1. The number of carbonyl (C=O) groups is 1. The molecule has 1 N–H and O–H groups in total. The maximum atomic E-state index is 12.5. The molecule has 1 heterocycles.